The van der Waals surface area contributed by atoms with Crippen molar-refractivity contribution in [1.82, 2.24) is 14.8 Å². The zero-order valence-electron chi connectivity index (χ0n) is 18.5. The van der Waals surface area contributed by atoms with Crippen LogP contribution in [0.5, 0.6) is 5.75 Å². The van der Waals surface area contributed by atoms with Gasteiger partial charge in [-0.1, -0.05) is 56.8 Å². The summed E-state index contributed by atoms with van der Waals surface area (Å²) in [6.45, 7) is 11.1. The normalized spacial score (nSPS) is 11.5. The van der Waals surface area contributed by atoms with Crippen LogP contribution in [0.2, 0.25) is 0 Å². The number of hydrogen-bond donors (Lipinski definition) is 0. The zero-order chi connectivity index (χ0) is 21.9. The second kappa shape index (κ2) is 9.04. The molecule has 0 radical (unpaired) electrons. The average molecular weight is 424 g/mol. The number of ether oxygens (including phenoxy) is 1. The van der Waals surface area contributed by atoms with Gasteiger partial charge in [0.2, 0.25) is 0 Å². The van der Waals surface area contributed by atoms with Crippen molar-refractivity contribution in [2.45, 2.75) is 57.5 Å². The van der Waals surface area contributed by atoms with E-state index in [1.54, 1.807) is 31.9 Å². The number of hydrogen-bond acceptors (Lipinski definition) is 5. The Kier molecular flexibility index (Phi) is 6.66. The average Bonchev–Trinajstić information content (AvgIpc) is 3.14. The van der Waals surface area contributed by atoms with Crippen LogP contribution in [-0.4, -0.2) is 27.7 Å². The van der Waals surface area contributed by atoms with Gasteiger partial charge in [-0.05, 0) is 43.0 Å². The Hall–Kier alpha value is -2.60. The van der Waals surface area contributed by atoms with Crippen molar-refractivity contribution in [2.24, 2.45) is 0 Å². The number of benzene rings is 2. The Balaban J connectivity index is 1.85. The first-order valence-corrected chi connectivity index (χ1v) is 11.1. The molecule has 0 saturated heterocycles. The molecule has 0 fully saturated rings. The van der Waals surface area contributed by atoms with Crippen LogP contribution >= 0.6 is 11.8 Å². The summed E-state index contributed by atoms with van der Waals surface area (Å²) in [6, 6.07) is 14.1. The third-order valence-electron chi connectivity index (χ3n) is 5.09. The first-order chi connectivity index (χ1) is 14.2. The number of thioether (sulfide) groups is 1. The quantitative estimate of drug-likeness (QED) is 0.357. The molecular formula is C24H29N3O2S. The fourth-order valence-corrected chi connectivity index (χ4v) is 4.25. The summed E-state index contributed by atoms with van der Waals surface area (Å²) in [5.41, 5.74) is 4.12. The third-order valence-corrected chi connectivity index (χ3v) is 6.10. The van der Waals surface area contributed by atoms with E-state index in [2.05, 4.69) is 66.7 Å². The summed E-state index contributed by atoms with van der Waals surface area (Å²) in [7, 11) is 1.64. The summed E-state index contributed by atoms with van der Waals surface area (Å²) in [5, 5.41) is 9.74. The largest absolute Gasteiger partial charge is 0.496 e. The molecule has 158 valence electrons. The van der Waals surface area contributed by atoms with E-state index in [1.807, 2.05) is 12.1 Å². The Labute approximate surface area is 182 Å². The van der Waals surface area contributed by atoms with Gasteiger partial charge < -0.3 is 9.30 Å². The maximum Gasteiger partial charge on any atom is 0.191 e. The number of carbonyl (C=O) groups excluding carboxylic acids is 1. The van der Waals surface area contributed by atoms with Gasteiger partial charge >= 0.3 is 0 Å². The molecule has 6 heteroatoms. The van der Waals surface area contributed by atoms with Gasteiger partial charge in [-0.2, -0.15) is 0 Å². The van der Waals surface area contributed by atoms with E-state index >= 15 is 0 Å². The number of aromatic nitrogens is 3. The summed E-state index contributed by atoms with van der Waals surface area (Å²) < 4.78 is 7.59. The highest BCUT2D eigenvalue weighted by Crippen LogP contribution is 2.31. The molecule has 1 heterocycles. The van der Waals surface area contributed by atoms with Gasteiger partial charge in [-0.25, -0.2) is 0 Å². The van der Waals surface area contributed by atoms with Crippen molar-refractivity contribution in [3.63, 3.8) is 0 Å². The number of methoxy groups -OCH3 is 1. The second-order valence-corrected chi connectivity index (χ2v) is 9.19. The Morgan fingerprint density at radius 1 is 1.10 bits per heavy atom. The molecule has 3 aromatic rings. The van der Waals surface area contributed by atoms with Crippen LogP contribution in [0.4, 0.5) is 0 Å². The van der Waals surface area contributed by atoms with Gasteiger partial charge in [-0.15, -0.1) is 10.2 Å². The van der Waals surface area contributed by atoms with Gasteiger partial charge in [0.05, 0.1) is 7.11 Å². The Morgan fingerprint density at radius 3 is 2.37 bits per heavy atom. The lowest BCUT2D eigenvalue weighted by Crippen LogP contribution is -2.10. The van der Waals surface area contributed by atoms with Gasteiger partial charge in [0, 0.05) is 29.0 Å². The third kappa shape index (κ3) is 4.75. The van der Waals surface area contributed by atoms with Gasteiger partial charge in [-0.3, -0.25) is 4.79 Å². The molecule has 0 saturated carbocycles. The molecule has 0 amide bonds. The monoisotopic (exact) mass is 423 g/mol. The van der Waals surface area contributed by atoms with Gasteiger partial charge in [0.15, 0.2) is 16.8 Å². The minimum atomic E-state index is 0.0432. The topological polar surface area (TPSA) is 57.0 Å². The molecule has 2 aromatic carbocycles. The van der Waals surface area contributed by atoms with Crippen LogP contribution in [-0.2, 0) is 17.7 Å². The molecule has 0 atom stereocenters. The van der Waals surface area contributed by atoms with Crippen LogP contribution in [0.1, 0.15) is 56.1 Å². The standard InChI is InChI=1S/C24H29N3O2S/c1-7-27-22(17-8-11-20(12-9-17)24(3,4)5)25-26-23(27)30-15-19-14-18(16(2)28)10-13-21(19)29-6/h8-14H,7,15H2,1-6H3. The number of Topliss-reactive ketones (excluding diaryl/α,β-unsaturated/α-hetero) is 1. The van der Waals surface area contributed by atoms with E-state index in [9.17, 15) is 4.79 Å². The minimum absolute atomic E-state index is 0.0432. The lowest BCUT2D eigenvalue weighted by molar-refractivity contribution is 0.101. The molecule has 0 aliphatic heterocycles. The predicted molar refractivity (Wildman–Crippen MR) is 122 cm³/mol. The molecular weight excluding hydrogens is 394 g/mol. The molecule has 3 rings (SSSR count). The van der Waals surface area contributed by atoms with Crippen molar-refractivity contribution in [1.29, 1.82) is 0 Å². The number of ketones is 1. The number of nitrogens with zero attached hydrogens (tertiary/aromatic N) is 3. The SMILES string of the molecule is CCn1c(SCc2cc(C(C)=O)ccc2OC)nnc1-c1ccc(C(C)(C)C)cc1. The van der Waals surface area contributed by atoms with E-state index in [0.29, 0.717) is 11.3 Å². The van der Waals surface area contributed by atoms with Crippen LogP contribution < -0.4 is 4.74 Å². The Bertz CT molecular complexity index is 1030. The van der Waals surface area contributed by atoms with Crippen molar-refractivity contribution < 1.29 is 9.53 Å². The van der Waals surface area contributed by atoms with E-state index < -0.39 is 0 Å². The molecule has 0 aliphatic rings. The van der Waals surface area contributed by atoms with Crippen LogP contribution in [0.25, 0.3) is 11.4 Å². The first-order valence-electron chi connectivity index (χ1n) is 10.1. The van der Waals surface area contributed by atoms with E-state index in [4.69, 9.17) is 4.74 Å². The van der Waals surface area contributed by atoms with E-state index in [-0.39, 0.29) is 11.2 Å². The summed E-state index contributed by atoms with van der Waals surface area (Å²) in [5.74, 6) is 2.32. The smallest absolute Gasteiger partial charge is 0.191 e. The van der Waals surface area contributed by atoms with Crippen LogP contribution in [0, 0.1) is 0 Å². The lowest BCUT2D eigenvalue weighted by atomic mass is 9.87. The molecule has 0 aliphatic carbocycles. The van der Waals surface area contributed by atoms with Gasteiger partial charge in [0.25, 0.3) is 0 Å². The maximum atomic E-state index is 11.7. The summed E-state index contributed by atoms with van der Waals surface area (Å²) in [4.78, 5) is 11.7. The van der Waals surface area contributed by atoms with Crippen molar-refractivity contribution in [2.75, 3.05) is 7.11 Å². The number of rotatable bonds is 7. The zero-order valence-corrected chi connectivity index (χ0v) is 19.3. The second-order valence-electron chi connectivity index (χ2n) is 8.25. The lowest BCUT2D eigenvalue weighted by Gasteiger charge is -2.19. The molecule has 0 unspecified atom stereocenters. The van der Waals surface area contributed by atoms with E-state index in [0.717, 1.165) is 34.4 Å². The molecule has 0 spiro atoms. The maximum absolute atomic E-state index is 11.7. The van der Waals surface area contributed by atoms with Crippen LogP contribution in [0.15, 0.2) is 47.6 Å². The fraction of sp³-hybridized carbons (Fsp3) is 0.375. The predicted octanol–water partition coefficient (Wildman–Crippen LogP) is 5.77. The first kappa shape index (κ1) is 22.1. The highest BCUT2D eigenvalue weighted by molar-refractivity contribution is 7.98. The number of carbonyl (C=O) groups is 1. The fourth-order valence-electron chi connectivity index (χ4n) is 3.27. The highest BCUT2D eigenvalue weighted by atomic mass is 32.2. The van der Waals surface area contributed by atoms with E-state index in [1.165, 1.54) is 5.56 Å². The van der Waals surface area contributed by atoms with Crippen LogP contribution in [0.3, 0.4) is 0 Å². The van der Waals surface area contributed by atoms with Gasteiger partial charge in [0.1, 0.15) is 5.75 Å². The molecule has 30 heavy (non-hydrogen) atoms. The molecule has 5 nitrogen and oxygen atoms in total. The minimum Gasteiger partial charge on any atom is -0.496 e. The summed E-state index contributed by atoms with van der Waals surface area (Å²) >= 11 is 1.60. The highest BCUT2D eigenvalue weighted by Gasteiger charge is 2.17. The molecule has 0 bridgehead atoms. The Morgan fingerprint density at radius 2 is 1.80 bits per heavy atom. The molecule has 0 N–H and O–H groups in total. The van der Waals surface area contributed by atoms with Crippen molar-refractivity contribution >= 4 is 17.5 Å². The summed E-state index contributed by atoms with van der Waals surface area (Å²) in [6.07, 6.45) is 0. The van der Waals surface area contributed by atoms with Crippen molar-refractivity contribution in [3.05, 3.63) is 59.2 Å². The van der Waals surface area contributed by atoms with Crippen molar-refractivity contribution in [3.8, 4) is 17.1 Å². The molecule has 1 aromatic heterocycles.